The number of likely N-dealkylation sites (N-methyl/N-ethyl adjacent to an activating group) is 1. The minimum atomic E-state index is 0.559. The lowest BCUT2D eigenvalue weighted by Gasteiger charge is -2.30. The van der Waals surface area contributed by atoms with Crippen LogP contribution in [0.3, 0.4) is 0 Å². The van der Waals surface area contributed by atoms with Crippen molar-refractivity contribution in [1.82, 2.24) is 4.90 Å². The van der Waals surface area contributed by atoms with E-state index in [0.717, 1.165) is 6.42 Å². The molecule has 2 atom stereocenters. The lowest BCUT2D eigenvalue weighted by Crippen LogP contribution is -2.36. The van der Waals surface area contributed by atoms with E-state index in [2.05, 4.69) is 50.9 Å². The van der Waals surface area contributed by atoms with Gasteiger partial charge in [-0.3, -0.25) is 4.90 Å². The van der Waals surface area contributed by atoms with Crippen molar-refractivity contribution in [2.75, 3.05) is 7.05 Å². The molecule has 1 rings (SSSR count). The molecule has 1 heterocycles. The summed E-state index contributed by atoms with van der Waals surface area (Å²) in [6, 6.07) is 1.13. The Morgan fingerprint density at radius 2 is 1.86 bits per heavy atom. The summed E-state index contributed by atoms with van der Waals surface area (Å²) >= 11 is 0. The van der Waals surface area contributed by atoms with Crippen LogP contribution >= 0.6 is 0 Å². The van der Waals surface area contributed by atoms with Gasteiger partial charge in [-0.1, -0.05) is 37.6 Å². The summed E-state index contributed by atoms with van der Waals surface area (Å²) in [5.41, 5.74) is 1.48. The highest BCUT2D eigenvalue weighted by Crippen LogP contribution is 2.15. The quantitative estimate of drug-likeness (QED) is 0.534. The van der Waals surface area contributed by atoms with Crippen LogP contribution in [0.2, 0.25) is 0 Å². The molecule has 0 fully saturated rings. The van der Waals surface area contributed by atoms with Gasteiger partial charge in [0.25, 0.3) is 0 Å². The van der Waals surface area contributed by atoms with E-state index in [4.69, 9.17) is 0 Å². The molecule has 0 spiro atoms. The van der Waals surface area contributed by atoms with Crippen LogP contribution in [0.4, 0.5) is 0 Å². The first-order valence-corrected chi connectivity index (χ1v) is 5.68. The van der Waals surface area contributed by atoms with Crippen molar-refractivity contribution >= 4 is 0 Å². The maximum Gasteiger partial charge on any atom is 0.0279 e. The number of hydrogen-bond acceptors (Lipinski definition) is 1. The molecule has 0 aromatic carbocycles. The Morgan fingerprint density at radius 3 is 2.43 bits per heavy atom. The maximum absolute atomic E-state index is 2.39. The third-order valence-corrected chi connectivity index (χ3v) is 2.90. The van der Waals surface area contributed by atoms with E-state index >= 15 is 0 Å². The molecule has 2 unspecified atom stereocenters. The second kappa shape index (κ2) is 6.83. The summed E-state index contributed by atoms with van der Waals surface area (Å²) in [5.74, 6) is 0. The zero-order valence-electron chi connectivity index (χ0n) is 10.5. The molecule has 0 aliphatic carbocycles. The van der Waals surface area contributed by atoms with Crippen LogP contribution in [-0.2, 0) is 0 Å². The fourth-order valence-corrected chi connectivity index (χ4v) is 1.51. The van der Waals surface area contributed by atoms with E-state index in [9.17, 15) is 0 Å². The van der Waals surface area contributed by atoms with Crippen LogP contribution in [-0.4, -0.2) is 24.0 Å². The molecule has 0 saturated heterocycles. The van der Waals surface area contributed by atoms with E-state index in [0.29, 0.717) is 12.1 Å². The van der Waals surface area contributed by atoms with E-state index in [1.807, 2.05) is 13.8 Å². The zero-order valence-corrected chi connectivity index (χ0v) is 10.5. The third-order valence-electron chi connectivity index (χ3n) is 2.90. The highest BCUT2D eigenvalue weighted by Gasteiger charge is 2.15. The van der Waals surface area contributed by atoms with Gasteiger partial charge in [0.15, 0.2) is 0 Å². The lowest BCUT2D eigenvalue weighted by atomic mass is 10.0. The first-order valence-electron chi connectivity index (χ1n) is 5.68. The predicted octanol–water partition coefficient (Wildman–Crippen LogP) is 3.63. The number of nitrogens with zero attached hydrogens (tertiary/aromatic N) is 1. The average molecular weight is 195 g/mol. The minimum Gasteiger partial charge on any atom is -0.294 e. The molecule has 0 amide bonds. The summed E-state index contributed by atoms with van der Waals surface area (Å²) in [6.45, 7) is 10.7. The van der Waals surface area contributed by atoms with Gasteiger partial charge in [0, 0.05) is 12.1 Å². The van der Waals surface area contributed by atoms with E-state index in [1.54, 1.807) is 0 Å². The van der Waals surface area contributed by atoms with Gasteiger partial charge in [0.05, 0.1) is 0 Å². The molecule has 0 saturated carbocycles. The molecule has 1 nitrogen and oxygen atoms in total. The largest absolute Gasteiger partial charge is 0.294 e. The van der Waals surface area contributed by atoms with Crippen molar-refractivity contribution in [2.45, 2.75) is 53.1 Å². The standard InChI is InChI=1S/C11H19N.C2H6/c1-9-7-5-6-8-10(2)12(4)11(9)3;1-2/h6-8,10-11H,5H2,1-4H3;1-2H3/b8-6?,9-7-;. The minimum absolute atomic E-state index is 0.559. The normalized spacial score (nSPS) is 32.0. The molecule has 14 heavy (non-hydrogen) atoms. The lowest BCUT2D eigenvalue weighted by molar-refractivity contribution is 0.251. The predicted molar refractivity (Wildman–Crippen MR) is 65.5 cm³/mol. The third kappa shape index (κ3) is 3.67. The molecule has 0 aromatic rings. The van der Waals surface area contributed by atoms with Gasteiger partial charge < -0.3 is 0 Å². The molecule has 82 valence electrons. The summed E-state index contributed by atoms with van der Waals surface area (Å²) in [5, 5.41) is 0. The molecule has 0 N–H and O–H groups in total. The number of rotatable bonds is 0. The topological polar surface area (TPSA) is 3.24 Å². The van der Waals surface area contributed by atoms with Crippen molar-refractivity contribution in [3.05, 3.63) is 23.8 Å². The van der Waals surface area contributed by atoms with Crippen molar-refractivity contribution < 1.29 is 0 Å². The van der Waals surface area contributed by atoms with Gasteiger partial charge in [0.1, 0.15) is 0 Å². The van der Waals surface area contributed by atoms with Crippen LogP contribution in [0.25, 0.3) is 0 Å². The van der Waals surface area contributed by atoms with Crippen LogP contribution in [0, 0.1) is 0 Å². The zero-order chi connectivity index (χ0) is 11.1. The maximum atomic E-state index is 2.39. The summed E-state index contributed by atoms with van der Waals surface area (Å²) < 4.78 is 0. The van der Waals surface area contributed by atoms with E-state index in [-0.39, 0.29) is 0 Å². The van der Waals surface area contributed by atoms with Crippen molar-refractivity contribution in [2.24, 2.45) is 0 Å². The fourth-order valence-electron chi connectivity index (χ4n) is 1.51. The molecule has 1 aliphatic rings. The second-order valence-corrected chi connectivity index (χ2v) is 3.69. The van der Waals surface area contributed by atoms with Gasteiger partial charge in [-0.15, -0.1) is 0 Å². The molecule has 1 aliphatic heterocycles. The van der Waals surface area contributed by atoms with Gasteiger partial charge in [-0.2, -0.15) is 0 Å². The van der Waals surface area contributed by atoms with Crippen molar-refractivity contribution in [3.63, 3.8) is 0 Å². The van der Waals surface area contributed by atoms with Gasteiger partial charge in [-0.25, -0.2) is 0 Å². The Bertz CT molecular complexity index is 203. The SMILES string of the molecule is C/C1=C/CC=CC(C)N(C)C1C.CC. The number of allylic oxidation sites excluding steroid dienone is 2. The van der Waals surface area contributed by atoms with Crippen LogP contribution in [0.15, 0.2) is 23.8 Å². The van der Waals surface area contributed by atoms with Gasteiger partial charge >= 0.3 is 0 Å². The summed E-state index contributed by atoms with van der Waals surface area (Å²) in [4.78, 5) is 2.39. The Labute approximate surface area is 89.5 Å². The Hall–Kier alpha value is -0.560. The Kier molecular flexibility index (Phi) is 6.56. The molecular weight excluding hydrogens is 170 g/mol. The van der Waals surface area contributed by atoms with Crippen molar-refractivity contribution in [3.8, 4) is 0 Å². The van der Waals surface area contributed by atoms with Crippen LogP contribution in [0.5, 0.6) is 0 Å². The van der Waals surface area contributed by atoms with E-state index < -0.39 is 0 Å². The molecule has 0 bridgehead atoms. The smallest absolute Gasteiger partial charge is 0.0279 e. The number of hydrogen-bond donors (Lipinski definition) is 0. The molecule has 0 radical (unpaired) electrons. The summed E-state index contributed by atoms with van der Waals surface area (Å²) in [7, 11) is 2.18. The average Bonchev–Trinajstić information content (AvgIpc) is 2.23. The van der Waals surface area contributed by atoms with Gasteiger partial charge in [0.2, 0.25) is 0 Å². The van der Waals surface area contributed by atoms with Crippen molar-refractivity contribution in [1.29, 1.82) is 0 Å². The van der Waals surface area contributed by atoms with Crippen LogP contribution in [0.1, 0.15) is 41.0 Å². The first-order chi connectivity index (χ1) is 6.63. The summed E-state index contributed by atoms with van der Waals surface area (Å²) in [6.07, 6.45) is 7.92. The van der Waals surface area contributed by atoms with Crippen LogP contribution < -0.4 is 0 Å². The second-order valence-electron chi connectivity index (χ2n) is 3.69. The first kappa shape index (κ1) is 13.4. The molecule has 1 heteroatoms. The van der Waals surface area contributed by atoms with E-state index in [1.165, 1.54) is 5.57 Å². The van der Waals surface area contributed by atoms with Gasteiger partial charge in [-0.05, 0) is 34.2 Å². The Morgan fingerprint density at radius 1 is 1.29 bits per heavy atom. The molecule has 0 aromatic heterocycles. The monoisotopic (exact) mass is 195 g/mol. The Balaban J connectivity index is 0.000000791. The molecular formula is C13H25N. The highest BCUT2D eigenvalue weighted by molar-refractivity contribution is 5.13. The highest BCUT2D eigenvalue weighted by atomic mass is 15.1. The fraction of sp³-hybridized carbons (Fsp3) is 0.692.